The summed E-state index contributed by atoms with van der Waals surface area (Å²) in [5.41, 5.74) is 0. The van der Waals surface area contributed by atoms with Crippen molar-refractivity contribution in [1.82, 2.24) is 9.97 Å². The van der Waals surface area contributed by atoms with Crippen LogP contribution in [-0.2, 0) is 0 Å². The lowest BCUT2D eigenvalue weighted by Gasteiger charge is -2.03. The van der Waals surface area contributed by atoms with Gasteiger partial charge in [-0.25, -0.2) is 9.97 Å². The van der Waals surface area contributed by atoms with E-state index in [9.17, 15) is 0 Å². The molecule has 12 heavy (non-hydrogen) atoms. The van der Waals surface area contributed by atoms with Gasteiger partial charge < -0.3 is 5.32 Å². The van der Waals surface area contributed by atoms with Gasteiger partial charge >= 0.3 is 0 Å². The van der Waals surface area contributed by atoms with Crippen molar-refractivity contribution in [2.24, 2.45) is 0 Å². The first-order valence-corrected chi connectivity index (χ1v) is 5.09. The summed E-state index contributed by atoms with van der Waals surface area (Å²) >= 11 is 2.23. The Morgan fingerprint density at radius 3 is 2.92 bits per heavy atom. The largest absolute Gasteiger partial charge is 0.372 e. The SMILES string of the molecule is CNc1nc(C2CC2)ncc1I. The fourth-order valence-corrected chi connectivity index (χ4v) is 1.62. The van der Waals surface area contributed by atoms with Crippen LogP contribution in [-0.4, -0.2) is 17.0 Å². The van der Waals surface area contributed by atoms with Crippen molar-refractivity contribution in [3.05, 3.63) is 15.6 Å². The van der Waals surface area contributed by atoms with E-state index < -0.39 is 0 Å². The predicted octanol–water partition coefficient (Wildman–Crippen LogP) is 2.00. The van der Waals surface area contributed by atoms with E-state index in [1.54, 1.807) is 0 Å². The molecular weight excluding hydrogens is 265 g/mol. The van der Waals surface area contributed by atoms with Crippen molar-refractivity contribution in [2.75, 3.05) is 12.4 Å². The van der Waals surface area contributed by atoms with Gasteiger partial charge in [0.05, 0.1) is 3.57 Å². The van der Waals surface area contributed by atoms with Crippen LogP contribution in [0.1, 0.15) is 24.6 Å². The minimum atomic E-state index is 0.633. The Morgan fingerprint density at radius 1 is 1.58 bits per heavy atom. The van der Waals surface area contributed by atoms with Crippen molar-refractivity contribution < 1.29 is 0 Å². The normalized spacial score (nSPS) is 16.2. The Balaban J connectivity index is 2.33. The Bertz CT molecular complexity index is 296. The van der Waals surface area contributed by atoms with Crippen molar-refractivity contribution >= 4 is 28.4 Å². The first-order valence-electron chi connectivity index (χ1n) is 4.01. The molecule has 1 aliphatic rings. The van der Waals surface area contributed by atoms with Gasteiger partial charge in [-0.05, 0) is 35.4 Å². The highest BCUT2D eigenvalue weighted by atomic mass is 127. The molecule has 0 aromatic carbocycles. The van der Waals surface area contributed by atoms with E-state index in [0.29, 0.717) is 5.92 Å². The van der Waals surface area contributed by atoms with Gasteiger partial charge in [-0.15, -0.1) is 0 Å². The predicted molar refractivity (Wildman–Crippen MR) is 56.3 cm³/mol. The summed E-state index contributed by atoms with van der Waals surface area (Å²) < 4.78 is 1.08. The monoisotopic (exact) mass is 275 g/mol. The third-order valence-electron chi connectivity index (χ3n) is 1.94. The second-order valence-electron chi connectivity index (χ2n) is 2.95. The average molecular weight is 275 g/mol. The first kappa shape index (κ1) is 8.22. The summed E-state index contributed by atoms with van der Waals surface area (Å²) in [5.74, 6) is 2.58. The first-order chi connectivity index (χ1) is 5.81. The lowest BCUT2D eigenvalue weighted by Crippen LogP contribution is -2.00. The van der Waals surface area contributed by atoms with Crippen LogP contribution in [0.3, 0.4) is 0 Å². The fraction of sp³-hybridized carbons (Fsp3) is 0.500. The van der Waals surface area contributed by atoms with Crippen LogP contribution in [0.4, 0.5) is 5.82 Å². The maximum atomic E-state index is 4.42. The topological polar surface area (TPSA) is 37.8 Å². The van der Waals surface area contributed by atoms with Gasteiger partial charge in [-0.1, -0.05) is 0 Å². The van der Waals surface area contributed by atoms with Crippen molar-refractivity contribution in [3.8, 4) is 0 Å². The highest BCUT2D eigenvalue weighted by Gasteiger charge is 2.26. The molecule has 4 heteroatoms. The molecule has 1 N–H and O–H groups in total. The van der Waals surface area contributed by atoms with E-state index in [1.165, 1.54) is 12.8 Å². The number of halogens is 1. The molecular formula is C8H10IN3. The van der Waals surface area contributed by atoms with Crippen LogP contribution in [0.2, 0.25) is 0 Å². The van der Waals surface area contributed by atoms with E-state index in [4.69, 9.17) is 0 Å². The molecule has 1 aromatic heterocycles. The van der Waals surface area contributed by atoms with Gasteiger partial charge in [0.15, 0.2) is 0 Å². The van der Waals surface area contributed by atoms with Crippen LogP contribution in [0, 0.1) is 3.57 Å². The summed E-state index contributed by atoms with van der Waals surface area (Å²) in [7, 11) is 1.89. The van der Waals surface area contributed by atoms with E-state index in [-0.39, 0.29) is 0 Å². The molecule has 0 saturated heterocycles. The number of rotatable bonds is 2. The van der Waals surface area contributed by atoms with Crippen LogP contribution in [0.15, 0.2) is 6.20 Å². The second-order valence-corrected chi connectivity index (χ2v) is 4.11. The lowest BCUT2D eigenvalue weighted by molar-refractivity contribution is 0.923. The highest BCUT2D eigenvalue weighted by molar-refractivity contribution is 14.1. The highest BCUT2D eigenvalue weighted by Crippen LogP contribution is 2.38. The van der Waals surface area contributed by atoms with Gasteiger partial charge in [-0.3, -0.25) is 0 Å². The average Bonchev–Trinajstić information content (AvgIpc) is 2.88. The van der Waals surface area contributed by atoms with E-state index in [1.807, 2.05) is 13.2 Å². The van der Waals surface area contributed by atoms with Gasteiger partial charge in [0.1, 0.15) is 11.6 Å². The Morgan fingerprint density at radius 2 is 2.33 bits per heavy atom. The van der Waals surface area contributed by atoms with Crippen molar-refractivity contribution in [1.29, 1.82) is 0 Å². The fourth-order valence-electron chi connectivity index (χ4n) is 1.09. The smallest absolute Gasteiger partial charge is 0.142 e. The van der Waals surface area contributed by atoms with Crippen LogP contribution in [0.25, 0.3) is 0 Å². The minimum absolute atomic E-state index is 0.633. The molecule has 2 rings (SSSR count). The van der Waals surface area contributed by atoms with Crippen LogP contribution in [0.5, 0.6) is 0 Å². The van der Waals surface area contributed by atoms with Gasteiger partial charge in [-0.2, -0.15) is 0 Å². The summed E-state index contributed by atoms with van der Waals surface area (Å²) in [6.07, 6.45) is 4.39. The number of anilines is 1. The molecule has 1 heterocycles. The van der Waals surface area contributed by atoms with E-state index in [0.717, 1.165) is 15.2 Å². The number of hydrogen-bond acceptors (Lipinski definition) is 3. The van der Waals surface area contributed by atoms with Gasteiger partial charge in [0.25, 0.3) is 0 Å². The molecule has 3 nitrogen and oxygen atoms in total. The standard InChI is InChI=1S/C8H10IN3/c1-10-8-6(9)4-11-7(12-8)5-2-3-5/h4-5H,2-3H2,1H3,(H,10,11,12). The number of hydrogen-bond donors (Lipinski definition) is 1. The summed E-state index contributed by atoms with van der Waals surface area (Å²) in [5, 5.41) is 3.06. The van der Waals surface area contributed by atoms with E-state index >= 15 is 0 Å². The molecule has 0 amide bonds. The zero-order valence-electron chi connectivity index (χ0n) is 6.84. The maximum Gasteiger partial charge on any atom is 0.142 e. The van der Waals surface area contributed by atoms with Crippen molar-refractivity contribution in [2.45, 2.75) is 18.8 Å². The molecule has 0 aliphatic heterocycles. The Hall–Kier alpha value is -0.390. The summed E-state index contributed by atoms with van der Waals surface area (Å²) in [6, 6.07) is 0. The van der Waals surface area contributed by atoms with Crippen LogP contribution < -0.4 is 5.32 Å². The van der Waals surface area contributed by atoms with Gasteiger partial charge in [0.2, 0.25) is 0 Å². The summed E-state index contributed by atoms with van der Waals surface area (Å²) in [4.78, 5) is 8.71. The molecule has 1 aliphatic carbocycles. The molecule has 64 valence electrons. The third kappa shape index (κ3) is 1.53. The zero-order chi connectivity index (χ0) is 8.55. The summed E-state index contributed by atoms with van der Waals surface area (Å²) in [6.45, 7) is 0. The molecule has 0 spiro atoms. The number of nitrogens with zero attached hydrogens (tertiary/aromatic N) is 2. The Labute approximate surface area is 85.1 Å². The zero-order valence-corrected chi connectivity index (χ0v) is 9.00. The van der Waals surface area contributed by atoms with Gasteiger partial charge in [0, 0.05) is 19.2 Å². The molecule has 0 atom stereocenters. The quantitative estimate of drug-likeness (QED) is 0.839. The Kier molecular flexibility index (Phi) is 2.16. The molecule has 1 aromatic rings. The lowest BCUT2D eigenvalue weighted by atomic mass is 10.4. The second kappa shape index (κ2) is 3.16. The molecule has 1 saturated carbocycles. The molecule has 0 bridgehead atoms. The third-order valence-corrected chi connectivity index (χ3v) is 2.73. The number of nitrogens with one attached hydrogen (secondary N) is 1. The molecule has 0 radical (unpaired) electrons. The van der Waals surface area contributed by atoms with E-state index in [2.05, 4.69) is 37.9 Å². The minimum Gasteiger partial charge on any atom is -0.372 e. The molecule has 0 unspecified atom stereocenters. The molecule has 1 fully saturated rings. The maximum absolute atomic E-state index is 4.42. The van der Waals surface area contributed by atoms with Crippen molar-refractivity contribution in [3.63, 3.8) is 0 Å². The van der Waals surface area contributed by atoms with Crippen LogP contribution >= 0.6 is 22.6 Å². The number of aromatic nitrogens is 2.